The number of halogens is 1. The van der Waals surface area contributed by atoms with Crippen molar-refractivity contribution in [2.24, 2.45) is 0 Å². The van der Waals surface area contributed by atoms with Crippen LogP contribution in [0.25, 0.3) is 0 Å². The summed E-state index contributed by atoms with van der Waals surface area (Å²) < 4.78 is 2.26. The summed E-state index contributed by atoms with van der Waals surface area (Å²) in [5.41, 5.74) is 4.22. The third kappa shape index (κ3) is 4.39. The van der Waals surface area contributed by atoms with E-state index in [1.165, 1.54) is 0 Å². The lowest BCUT2D eigenvalue weighted by Gasteiger charge is -2.35. The molecule has 27 heavy (non-hydrogen) atoms. The van der Waals surface area contributed by atoms with E-state index in [9.17, 15) is 4.79 Å². The van der Waals surface area contributed by atoms with Crippen molar-refractivity contribution in [3.8, 4) is 0 Å². The largest absolute Gasteiger partial charge is 0.369 e. The first-order valence-electron chi connectivity index (χ1n) is 9.62. The van der Waals surface area contributed by atoms with Gasteiger partial charge in [-0.3, -0.25) is 9.69 Å². The minimum atomic E-state index is -0.0186. The van der Waals surface area contributed by atoms with Gasteiger partial charge in [-0.25, -0.2) is 0 Å². The van der Waals surface area contributed by atoms with Crippen LogP contribution in [0.1, 0.15) is 42.5 Å². The van der Waals surface area contributed by atoms with Crippen LogP contribution in [-0.2, 0) is 5.54 Å². The first-order chi connectivity index (χ1) is 12.7. The molecule has 1 aliphatic heterocycles. The SMILES string of the molecule is Cc1cc(C(=O)CN2CCN(c3cccc(Cl)c3)CC2)c(C)n1C(C)(C)C. The van der Waals surface area contributed by atoms with Gasteiger partial charge in [-0.05, 0) is 58.9 Å². The summed E-state index contributed by atoms with van der Waals surface area (Å²) in [6.45, 7) is 14.7. The number of aryl methyl sites for hydroxylation is 1. The van der Waals surface area contributed by atoms with Gasteiger partial charge >= 0.3 is 0 Å². The van der Waals surface area contributed by atoms with E-state index < -0.39 is 0 Å². The molecule has 1 saturated heterocycles. The topological polar surface area (TPSA) is 28.5 Å². The molecule has 3 rings (SSSR count). The van der Waals surface area contributed by atoms with E-state index in [0.29, 0.717) is 6.54 Å². The van der Waals surface area contributed by atoms with Gasteiger partial charge in [0, 0.05) is 59.4 Å². The number of hydrogen-bond donors (Lipinski definition) is 0. The van der Waals surface area contributed by atoms with Gasteiger partial charge in [0.2, 0.25) is 0 Å². The predicted molar refractivity (Wildman–Crippen MR) is 113 cm³/mol. The second kappa shape index (κ2) is 7.69. The Morgan fingerprint density at radius 2 is 1.74 bits per heavy atom. The lowest BCUT2D eigenvalue weighted by molar-refractivity contribution is 0.0925. The lowest BCUT2D eigenvalue weighted by atomic mass is 10.1. The van der Waals surface area contributed by atoms with Gasteiger partial charge in [-0.15, -0.1) is 0 Å². The molecular formula is C22H30ClN3O. The molecule has 2 aromatic rings. The van der Waals surface area contributed by atoms with Crippen molar-refractivity contribution in [1.82, 2.24) is 9.47 Å². The normalized spacial score (nSPS) is 16.0. The molecule has 5 heteroatoms. The Morgan fingerprint density at radius 1 is 1.07 bits per heavy atom. The van der Waals surface area contributed by atoms with Gasteiger partial charge in [-0.1, -0.05) is 17.7 Å². The highest BCUT2D eigenvalue weighted by Gasteiger charge is 2.25. The van der Waals surface area contributed by atoms with Crippen molar-refractivity contribution in [3.05, 3.63) is 52.3 Å². The van der Waals surface area contributed by atoms with Crippen LogP contribution in [0.5, 0.6) is 0 Å². The molecule has 1 fully saturated rings. The number of rotatable bonds is 4. The van der Waals surface area contributed by atoms with Crippen LogP contribution in [0.2, 0.25) is 5.02 Å². The molecule has 146 valence electrons. The van der Waals surface area contributed by atoms with E-state index in [0.717, 1.165) is 53.8 Å². The molecule has 4 nitrogen and oxygen atoms in total. The molecule has 0 radical (unpaired) electrons. The van der Waals surface area contributed by atoms with Crippen LogP contribution >= 0.6 is 11.6 Å². The van der Waals surface area contributed by atoms with Crippen molar-refractivity contribution < 1.29 is 4.79 Å². The highest BCUT2D eigenvalue weighted by molar-refractivity contribution is 6.30. The third-order valence-electron chi connectivity index (χ3n) is 5.32. The van der Waals surface area contributed by atoms with Crippen molar-refractivity contribution in [2.75, 3.05) is 37.6 Å². The summed E-state index contributed by atoms with van der Waals surface area (Å²) in [5.74, 6) is 0.217. The summed E-state index contributed by atoms with van der Waals surface area (Å²) in [6.07, 6.45) is 0. The van der Waals surface area contributed by atoms with E-state index >= 15 is 0 Å². The second-order valence-corrected chi connectivity index (χ2v) is 8.89. The van der Waals surface area contributed by atoms with Gasteiger partial charge in [-0.2, -0.15) is 0 Å². The number of hydrogen-bond acceptors (Lipinski definition) is 3. The third-order valence-corrected chi connectivity index (χ3v) is 5.55. The van der Waals surface area contributed by atoms with Crippen molar-refractivity contribution >= 4 is 23.1 Å². The maximum atomic E-state index is 12.9. The summed E-state index contributed by atoms with van der Waals surface area (Å²) in [4.78, 5) is 17.5. The van der Waals surface area contributed by atoms with Gasteiger partial charge < -0.3 is 9.47 Å². The highest BCUT2D eigenvalue weighted by Crippen LogP contribution is 2.25. The molecule has 0 spiro atoms. The Morgan fingerprint density at radius 3 is 2.30 bits per heavy atom. The van der Waals surface area contributed by atoms with E-state index in [2.05, 4.69) is 55.1 Å². The molecule has 0 bridgehead atoms. The van der Waals surface area contributed by atoms with E-state index in [1.807, 2.05) is 24.3 Å². The Bertz CT molecular complexity index is 827. The highest BCUT2D eigenvalue weighted by atomic mass is 35.5. The molecular weight excluding hydrogens is 358 g/mol. The molecule has 0 atom stereocenters. The summed E-state index contributed by atoms with van der Waals surface area (Å²) in [7, 11) is 0. The van der Waals surface area contributed by atoms with Crippen LogP contribution in [0.3, 0.4) is 0 Å². The van der Waals surface area contributed by atoms with Gasteiger partial charge in [0.15, 0.2) is 5.78 Å². The lowest BCUT2D eigenvalue weighted by Crippen LogP contribution is -2.48. The number of anilines is 1. The molecule has 0 saturated carbocycles. The Hall–Kier alpha value is -1.78. The maximum absolute atomic E-state index is 12.9. The maximum Gasteiger partial charge on any atom is 0.178 e. The number of aromatic nitrogens is 1. The average Bonchev–Trinajstić information content (AvgIpc) is 2.90. The number of nitrogens with zero attached hydrogens (tertiary/aromatic N) is 3. The zero-order valence-corrected chi connectivity index (χ0v) is 17.8. The second-order valence-electron chi connectivity index (χ2n) is 8.46. The van der Waals surface area contributed by atoms with Crippen LogP contribution < -0.4 is 4.90 Å². The number of ketones is 1. The van der Waals surface area contributed by atoms with Gasteiger partial charge in [0.1, 0.15) is 0 Å². The van der Waals surface area contributed by atoms with Crippen LogP contribution in [-0.4, -0.2) is 48.0 Å². The van der Waals surface area contributed by atoms with Crippen molar-refractivity contribution in [2.45, 2.75) is 40.2 Å². The molecule has 0 N–H and O–H groups in total. The fraction of sp³-hybridized carbons (Fsp3) is 0.500. The Labute approximate surface area is 167 Å². The molecule has 0 unspecified atom stereocenters. The summed E-state index contributed by atoms with van der Waals surface area (Å²) in [5, 5.41) is 0.763. The van der Waals surface area contributed by atoms with Gasteiger partial charge in [0.25, 0.3) is 0 Å². The molecule has 1 aromatic heterocycles. The quantitative estimate of drug-likeness (QED) is 0.722. The summed E-state index contributed by atoms with van der Waals surface area (Å²) >= 11 is 6.11. The standard InChI is InChI=1S/C22H30ClN3O/c1-16-13-20(17(2)26(16)22(3,4)5)21(27)15-24-9-11-25(12-10-24)19-8-6-7-18(23)14-19/h6-8,13-14H,9-12,15H2,1-5H3. The molecule has 1 aromatic carbocycles. The van der Waals surface area contributed by atoms with E-state index in [1.54, 1.807) is 0 Å². The van der Waals surface area contributed by atoms with E-state index in [4.69, 9.17) is 11.6 Å². The van der Waals surface area contributed by atoms with Crippen LogP contribution in [0.15, 0.2) is 30.3 Å². The van der Waals surface area contributed by atoms with E-state index in [-0.39, 0.29) is 11.3 Å². The predicted octanol–water partition coefficient (Wildman–Crippen LogP) is 4.52. The fourth-order valence-electron chi connectivity index (χ4n) is 4.20. The summed E-state index contributed by atoms with van der Waals surface area (Å²) in [6, 6.07) is 10.0. The van der Waals surface area contributed by atoms with Crippen molar-refractivity contribution in [1.29, 1.82) is 0 Å². The molecule has 2 heterocycles. The Kier molecular flexibility index (Phi) is 5.68. The van der Waals surface area contributed by atoms with Gasteiger partial charge in [0.05, 0.1) is 6.54 Å². The smallest absolute Gasteiger partial charge is 0.178 e. The molecule has 0 aliphatic carbocycles. The fourth-order valence-corrected chi connectivity index (χ4v) is 4.39. The number of carbonyl (C=O) groups is 1. The zero-order chi connectivity index (χ0) is 19.8. The minimum absolute atomic E-state index is 0.0186. The zero-order valence-electron chi connectivity index (χ0n) is 17.1. The number of Topliss-reactive ketones (excluding diaryl/α,β-unsaturated/α-hetero) is 1. The van der Waals surface area contributed by atoms with Crippen LogP contribution in [0, 0.1) is 13.8 Å². The minimum Gasteiger partial charge on any atom is -0.369 e. The number of benzene rings is 1. The average molecular weight is 388 g/mol. The Balaban J connectivity index is 1.63. The number of piperazine rings is 1. The first kappa shape index (κ1) is 20.0. The monoisotopic (exact) mass is 387 g/mol. The van der Waals surface area contributed by atoms with Crippen LogP contribution in [0.4, 0.5) is 5.69 Å². The first-order valence-corrected chi connectivity index (χ1v) is 10.00. The molecule has 1 aliphatic rings. The van der Waals surface area contributed by atoms with Crippen molar-refractivity contribution in [3.63, 3.8) is 0 Å². The number of carbonyl (C=O) groups excluding carboxylic acids is 1. The molecule has 0 amide bonds.